The number of hydrogen-bond acceptors (Lipinski definition) is 3. The first kappa shape index (κ1) is 15.8. The standard InChI is InChI=1S/C22H15FN2O2/c23-19-7-3-6-16(18(19)12-26)14-8-9-21-24-20(11-25(21)10-14)22-17-5-2-1-4-15(17)13-27-22/h1-11,13,26H,12H2. The summed E-state index contributed by atoms with van der Waals surface area (Å²) in [6, 6.07) is 16.5. The van der Waals surface area contributed by atoms with Gasteiger partial charge in [0.25, 0.3) is 0 Å². The van der Waals surface area contributed by atoms with Gasteiger partial charge in [-0.05, 0) is 29.3 Å². The van der Waals surface area contributed by atoms with Crippen LogP contribution in [0.4, 0.5) is 4.39 Å². The maximum absolute atomic E-state index is 14.0. The van der Waals surface area contributed by atoms with Crippen molar-refractivity contribution in [2.45, 2.75) is 6.61 Å². The van der Waals surface area contributed by atoms with Crippen molar-refractivity contribution in [2.75, 3.05) is 0 Å². The first-order valence-corrected chi connectivity index (χ1v) is 8.58. The third-order valence-electron chi connectivity index (χ3n) is 4.78. The number of aliphatic hydroxyl groups is 1. The van der Waals surface area contributed by atoms with Crippen molar-refractivity contribution in [3.63, 3.8) is 0 Å². The normalized spacial score (nSPS) is 11.5. The van der Waals surface area contributed by atoms with Gasteiger partial charge in [0.05, 0.1) is 12.9 Å². The van der Waals surface area contributed by atoms with E-state index >= 15 is 0 Å². The molecule has 0 aliphatic heterocycles. The predicted octanol–water partition coefficient (Wildman–Crippen LogP) is 5.05. The molecule has 5 heteroatoms. The predicted molar refractivity (Wildman–Crippen MR) is 102 cm³/mol. The molecule has 5 rings (SSSR count). The van der Waals surface area contributed by atoms with Crippen LogP contribution in [-0.2, 0) is 6.61 Å². The molecule has 0 unspecified atom stereocenters. The van der Waals surface area contributed by atoms with E-state index in [1.165, 1.54) is 6.07 Å². The van der Waals surface area contributed by atoms with Crippen molar-refractivity contribution in [2.24, 2.45) is 0 Å². The minimum atomic E-state index is -0.413. The van der Waals surface area contributed by atoms with E-state index in [2.05, 4.69) is 4.98 Å². The Morgan fingerprint density at radius 2 is 1.89 bits per heavy atom. The van der Waals surface area contributed by atoms with E-state index in [0.717, 1.165) is 33.4 Å². The van der Waals surface area contributed by atoms with Gasteiger partial charge >= 0.3 is 0 Å². The van der Waals surface area contributed by atoms with Gasteiger partial charge in [-0.15, -0.1) is 0 Å². The van der Waals surface area contributed by atoms with E-state index in [-0.39, 0.29) is 12.2 Å². The summed E-state index contributed by atoms with van der Waals surface area (Å²) in [6.07, 6.45) is 5.49. The summed E-state index contributed by atoms with van der Waals surface area (Å²) >= 11 is 0. The van der Waals surface area contributed by atoms with Gasteiger partial charge in [-0.3, -0.25) is 0 Å². The van der Waals surface area contributed by atoms with Crippen molar-refractivity contribution in [1.29, 1.82) is 0 Å². The average Bonchev–Trinajstić information content (AvgIpc) is 3.30. The van der Waals surface area contributed by atoms with Gasteiger partial charge in [0, 0.05) is 28.7 Å². The number of benzene rings is 2. The lowest BCUT2D eigenvalue weighted by Gasteiger charge is -2.09. The second kappa shape index (κ2) is 6.07. The first-order valence-electron chi connectivity index (χ1n) is 8.58. The second-order valence-corrected chi connectivity index (χ2v) is 6.39. The third-order valence-corrected chi connectivity index (χ3v) is 4.78. The molecule has 2 aromatic carbocycles. The van der Waals surface area contributed by atoms with E-state index in [0.29, 0.717) is 5.56 Å². The van der Waals surface area contributed by atoms with Crippen LogP contribution in [0.15, 0.2) is 77.7 Å². The van der Waals surface area contributed by atoms with Crippen molar-refractivity contribution in [3.8, 4) is 22.6 Å². The summed E-state index contributed by atoms with van der Waals surface area (Å²) in [6.45, 7) is -0.354. The van der Waals surface area contributed by atoms with Crippen LogP contribution >= 0.6 is 0 Å². The van der Waals surface area contributed by atoms with Gasteiger partial charge in [-0.25, -0.2) is 9.37 Å². The first-order chi connectivity index (χ1) is 13.2. The number of pyridine rings is 1. The van der Waals surface area contributed by atoms with E-state index in [4.69, 9.17) is 4.42 Å². The Hall–Kier alpha value is -3.44. The number of imidazole rings is 1. The molecule has 3 aromatic heterocycles. The highest BCUT2D eigenvalue weighted by Crippen LogP contribution is 2.31. The van der Waals surface area contributed by atoms with Crippen molar-refractivity contribution >= 4 is 16.4 Å². The molecular formula is C22H15FN2O2. The molecule has 0 aliphatic carbocycles. The lowest BCUT2D eigenvalue weighted by molar-refractivity contribution is 0.276. The smallest absolute Gasteiger partial charge is 0.161 e. The Bertz CT molecular complexity index is 1290. The number of fused-ring (bicyclic) bond motifs is 2. The van der Waals surface area contributed by atoms with Gasteiger partial charge < -0.3 is 13.9 Å². The van der Waals surface area contributed by atoms with Crippen molar-refractivity contribution in [3.05, 3.63) is 84.6 Å². The van der Waals surface area contributed by atoms with Crippen molar-refractivity contribution < 1.29 is 13.9 Å². The van der Waals surface area contributed by atoms with Crippen LogP contribution in [0.1, 0.15) is 5.56 Å². The van der Waals surface area contributed by atoms with Gasteiger partial charge in [0.2, 0.25) is 0 Å². The van der Waals surface area contributed by atoms with Gasteiger partial charge in [0.15, 0.2) is 5.76 Å². The molecule has 0 saturated heterocycles. The molecule has 132 valence electrons. The average molecular weight is 358 g/mol. The quantitative estimate of drug-likeness (QED) is 0.491. The number of rotatable bonds is 3. The number of nitrogens with zero attached hydrogens (tertiary/aromatic N) is 2. The zero-order chi connectivity index (χ0) is 18.4. The molecule has 0 atom stereocenters. The Morgan fingerprint density at radius 1 is 1.00 bits per heavy atom. The molecule has 0 fully saturated rings. The Balaban J connectivity index is 1.65. The fourth-order valence-electron chi connectivity index (χ4n) is 3.44. The Labute approximate surface area is 154 Å². The van der Waals surface area contributed by atoms with Crippen LogP contribution in [0.2, 0.25) is 0 Å². The van der Waals surface area contributed by atoms with Crippen molar-refractivity contribution in [1.82, 2.24) is 9.38 Å². The van der Waals surface area contributed by atoms with E-state index in [9.17, 15) is 9.50 Å². The fraction of sp³-hybridized carbons (Fsp3) is 0.0455. The Morgan fingerprint density at radius 3 is 2.78 bits per heavy atom. The number of aliphatic hydroxyl groups excluding tert-OH is 1. The molecule has 0 spiro atoms. The van der Waals surface area contributed by atoms with Gasteiger partial charge in [-0.1, -0.05) is 36.4 Å². The molecule has 0 radical (unpaired) electrons. The highest BCUT2D eigenvalue weighted by Gasteiger charge is 2.14. The lowest BCUT2D eigenvalue weighted by Crippen LogP contribution is -1.95. The monoisotopic (exact) mass is 358 g/mol. The summed E-state index contributed by atoms with van der Waals surface area (Å²) < 4.78 is 21.6. The zero-order valence-corrected chi connectivity index (χ0v) is 14.3. The number of halogens is 1. The van der Waals surface area contributed by atoms with Crippen LogP contribution in [-0.4, -0.2) is 14.5 Å². The van der Waals surface area contributed by atoms with Crippen LogP contribution in [0.3, 0.4) is 0 Å². The molecule has 5 aromatic rings. The molecule has 0 saturated carbocycles. The summed E-state index contributed by atoms with van der Waals surface area (Å²) in [7, 11) is 0. The largest absolute Gasteiger partial charge is 0.461 e. The maximum Gasteiger partial charge on any atom is 0.161 e. The number of furan rings is 1. The molecule has 1 N–H and O–H groups in total. The summed E-state index contributed by atoms with van der Waals surface area (Å²) in [4.78, 5) is 4.65. The van der Waals surface area contributed by atoms with Gasteiger partial charge in [0.1, 0.15) is 17.2 Å². The minimum Gasteiger partial charge on any atom is -0.461 e. The van der Waals surface area contributed by atoms with E-state index in [1.54, 1.807) is 18.4 Å². The Kier molecular flexibility index (Phi) is 3.55. The SMILES string of the molecule is OCc1c(F)cccc1-c1ccc2nc(-c3occ4ccccc34)cn2c1. The minimum absolute atomic E-state index is 0.286. The molecule has 0 bridgehead atoms. The van der Waals surface area contributed by atoms with Crippen LogP contribution < -0.4 is 0 Å². The molecule has 4 nitrogen and oxygen atoms in total. The molecule has 27 heavy (non-hydrogen) atoms. The number of hydrogen-bond donors (Lipinski definition) is 1. The summed E-state index contributed by atoms with van der Waals surface area (Å²) in [5, 5.41) is 11.6. The summed E-state index contributed by atoms with van der Waals surface area (Å²) in [5.41, 5.74) is 3.25. The maximum atomic E-state index is 14.0. The molecule has 0 amide bonds. The highest BCUT2D eigenvalue weighted by atomic mass is 19.1. The van der Waals surface area contributed by atoms with E-state index < -0.39 is 5.82 Å². The van der Waals surface area contributed by atoms with E-state index in [1.807, 2.05) is 53.2 Å². The van der Waals surface area contributed by atoms with Crippen LogP contribution in [0.5, 0.6) is 0 Å². The van der Waals surface area contributed by atoms with Crippen LogP contribution in [0.25, 0.3) is 39.0 Å². The van der Waals surface area contributed by atoms with Gasteiger partial charge in [-0.2, -0.15) is 0 Å². The zero-order valence-electron chi connectivity index (χ0n) is 14.3. The fourth-order valence-corrected chi connectivity index (χ4v) is 3.44. The molecule has 3 heterocycles. The topological polar surface area (TPSA) is 50.7 Å². The lowest BCUT2D eigenvalue weighted by atomic mass is 10.0. The molecule has 0 aliphatic rings. The third kappa shape index (κ3) is 2.52. The second-order valence-electron chi connectivity index (χ2n) is 6.39. The number of aromatic nitrogens is 2. The van der Waals surface area contributed by atoms with Crippen LogP contribution in [0, 0.1) is 5.82 Å². The molecular weight excluding hydrogens is 343 g/mol. The highest BCUT2D eigenvalue weighted by molar-refractivity contribution is 5.93. The summed E-state index contributed by atoms with van der Waals surface area (Å²) in [5.74, 6) is 0.307.